The summed E-state index contributed by atoms with van der Waals surface area (Å²) in [5.74, 6) is 7.23. The molecule has 0 saturated carbocycles. The monoisotopic (exact) mass is 355 g/mol. The summed E-state index contributed by atoms with van der Waals surface area (Å²) in [4.78, 5) is 3.85. The zero-order valence-electron chi connectivity index (χ0n) is 14.7. The average molecular weight is 356 g/mol. The fourth-order valence-electron chi connectivity index (χ4n) is 3.17. The van der Waals surface area contributed by atoms with E-state index in [1.165, 1.54) is 23.3 Å². The fraction of sp³-hybridized carbons (Fsp3) is 0.429. The molecule has 1 aliphatic rings. The molecule has 1 saturated heterocycles. The fourth-order valence-corrected chi connectivity index (χ4v) is 4.03. The van der Waals surface area contributed by atoms with Crippen LogP contribution in [-0.4, -0.2) is 36.3 Å². The quantitative estimate of drug-likeness (QED) is 0.830. The number of aryl methyl sites for hydroxylation is 1. The van der Waals surface area contributed by atoms with E-state index in [1.54, 1.807) is 11.3 Å². The SMILES string of the molecule is Cc1ccc(OC[C@@H]2CCCN(Cc3cc(C#CCO)cs3)C2)cc1. The lowest BCUT2D eigenvalue weighted by molar-refractivity contribution is 0.126. The predicted octanol–water partition coefficient (Wildman–Crippen LogP) is 3.69. The van der Waals surface area contributed by atoms with Gasteiger partial charge in [0.05, 0.1) is 6.61 Å². The molecular weight excluding hydrogens is 330 g/mol. The van der Waals surface area contributed by atoms with Crippen LogP contribution in [-0.2, 0) is 6.54 Å². The van der Waals surface area contributed by atoms with Crippen molar-refractivity contribution in [1.82, 2.24) is 4.90 Å². The van der Waals surface area contributed by atoms with Crippen molar-refractivity contribution in [3.05, 3.63) is 51.7 Å². The van der Waals surface area contributed by atoms with E-state index in [9.17, 15) is 0 Å². The van der Waals surface area contributed by atoms with E-state index in [4.69, 9.17) is 9.84 Å². The first-order valence-electron chi connectivity index (χ1n) is 8.82. The number of hydrogen-bond donors (Lipinski definition) is 1. The molecule has 0 spiro atoms. The van der Waals surface area contributed by atoms with Gasteiger partial charge in [-0.2, -0.15) is 0 Å². The molecular formula is C21H25NO2S. The Kier molecular flexibility index (Phi) is 6.52. The molecule has 4 heteroatoms. The summed E-state index contributed by atoms with van der Waals surface area (Å²) in [7, 11) is 0. The van der Waals surface area contributed by atoms with Crippen molar-refractivity contribution in [2.75, 3.05) is 26.3 Å². The number of aliphatic hydroxyl groups excluding tert-OH is 1. The summed E-state index contributed by atoms with van der Waals surface area (Å²) in [6.45, 7) is 6.01. The van der Waals surface area contributed by atoms with E-state index < -0.39 is 0 Å². The minimum Gasteiger partial charge on any atom is -0.493 e. The molecule has 0 bridgehead atoms. The minimum atomic E-state index is -0.0834. The Balaban J connectivity index is 1.49. The van der Waals surface area contributed by atoms with Crippen molar-refractivity contribution in [3.8, 4) is 17.6 Å². The Morgan fingerprint density at radius 2 is 2.16 bits per heavy atom. The van der Waals surface area contributed by atoms with Crippen molar-refractivity contribution in [2.45, 2.75) is 26.3 Å². The van der Waals surface area contributed by atoms with Gasteiger partial charge in [-0.3, -0.25) is 4.90 Å². The summed E-state index contributed by atoms with van der Waals surface area (Å²) in [6, 6.07) is 10.4. The third-order valence-electron chi connectivity index (χ3n) is 4.45. The molecule has 1 aliphatic heterocycles. The van der Waals surface area contributed by atoms with E-state index in [1.807, 2.05) is 0 Å². The average Bonchev–Trinajstić information content (AvgIpc) is 3.07. The third-order valence-corrected chi connectivity index (χ3v) is 5.38. The lowest BCUT2D eigenvalue weighted by Gasteiger charge is -2.32. The molecule has 0 unspecified atom stereocenters. The highest BCUT2D eigenvalue weighted by Gasteiger charge is 2.21. The smallest absolute Gasteiger partial charge is 0.119 e. The van der Waals surface area contributed by atoms with Gasteiger partial charge >= 0.3 is 0 Å². The molecule has 0 aliphatic carbocycles. The van der Waals surface area contributed by atoms with Gasteiger partial charge in [-0.15, -0.1) is 11.3 Å². The highest BCUT2D eigenvalue weighted by atomic mass is 32.1. The molecule has 1 atom stereocenters. The van der Waals surface area contributed by atoms with Crippen LogP contribution in [0, 0.1) is 24.7 Å². The lowest BCUT2D eigenvalue weighted by Crippen LogP contribution is -2.37. The van der Waals surface area contributed by atoms with E-state index in [2.05, 4.69) is 59.4 Å². The van der Waals surface area contributed by atoms with Crippen molar-refractivity contribution in [1.29, 1.82) is 0 Å². The van der Waals surface area contributed by atoms with Crippen LogP contribution < -0.4 is 4.74 Å². The van der Waals surface area contributed by atoms with Crippen LogP contribution in [0.25, 0.3) is 0 Å². The second-order valence-corrected chi connectivity index (χ2v) is 7.62. The van der Waals surface area contributed by atoms with Gasteiger partial charge in [-0.1, -0.05) is 29.5 Å². The maximum Gasteiger partial charge on any atom is 0.119 e. The number of hydrogen-bond acceptors (Lipinski definition) is 4. The van der Waals surface area contributed by atoms with Gasteiger partial charge in [0.15, 0.2) is 0 Å². The Hall–Kier alpha value is -1.80. The number of benzene rings is 1. The van der Waals surface area contributed by atoms with E-state index >= 15 is 0 Å². The van der Waals surface area contributed by atoms with Crippen molar-refractivity contribution in [3.63, 3.8) is 0 Å². The maximum absolute atomic E-state index is 8.78. The second kappa shape index (κ2) is 9.05. The van der Waals surface area contributed by atoms with Gasteiger partial charge in [0.2, 0.25) is 0 Å². The van der Waals surface area contributed by atoms with Crippen LogP contribution in [0.5, 0.6) is 5.75 Å². The summed E-state index contributed by atoms with van der Waals surface area (Å²) in [5, 5.41) is 10.9. The summed E-state index contributed by atoms with van der Waals surface area (Å²) in [5.41, 5.74) is 2.26. The first kappa shape index (κ1) is 18.0. The zero-order valence-corrected chi connectivity index (χ0v) is 15.5. The second-order valence-electron chi connectivity index (χ2n) is 6.63. The molecule has 1 aromatic carbocycles. The lowest BCUT2D eigenvalue weighted by atomic mass is 9.99. The number of piperidine rings is 1. The highest BCUT2D eigenvalue weighted by molar-refractivity contribution is 7.10. The van der Waals surface area contributed by atoms with E-state index in [0.717, 1.165) is 37.6 Å². The summed E-state index contributed by atoms with van der Waals surface area (Å²) < 4.78 is 5.98. The molecule has 3 rings (SSSR count). The van der Waals surface area contributed by atoms with Crippen LogP contribution in [0.1, 0.15) is 28.8 Å². The highest BCUT2D eigenvalue weighted by Crippen LogP contribution is 2.23. The molecule has 2 aromatic rings. The number of likely N-dealkylation sites (tertiary alicyclic amines) is 1. The maximum atomic E-state index is 8.78. The molecule has 1 aromatic heterocycles. The first-order valence-corrected chi connectivity index (χ1v) is 9.70. The molecule has 25 heavy (non-hydrogen) atoms. The summed E-state index contributed by atoms with van der Waals surface area (Å²) in [6.07, 6.45) is 2.46. The Morgan fingerprint density at radius 3 is 2.96 bits per heavy atom. The van der Waals surface area contributed by atoms with Gasteiger partial charge in [-0.25, -0.2) is 0 Å². The Morgan fingerprint density at radius 1 is 1.32 bits per heavy atom. The van der Waals surface area contributed by atoms with Gasteiger partial charge in [-0.05, 0) is 44.5 Å². The van der Waals surface area contributed by atoms with Gasteiger partial charge < -0.3 is 9.84 Å². The summed E-state index contributed by atoms with van der Waals surface area (Å²) >= 11 is 1.75. The largest absolute Gasteiger partial charge is 0.493 e. The van der Waals surface area contributed by atoms with Crippen molar-refractivity contribution in [2.24, 2.45) is 5.92 Å². The van der Waals surface area contributed by atoms with E-state index in [-0.39, 0.29) is 6.61 Å². The molecule has 1 N–H and O–H groups in total. The molecule has 132 valence electrons. The Labute approximate surface area is 154 Å². The number of rotatable bonds is 5. The first-order chi connectivity index (χ1) is 12.2. The molecule has 1 fully saturated rings. The van der Waals surface area contributed by atoms with Crippen LogP contribution in [0.15, 0.2) is 35.7 Å². The molecule has 2 heterocycles. The molecule has 3 nitrogen and oxygen atoms in total. The van der Waals surface area contributed by atoms with Gasteiger partial charge in [0.25, 0.3) is 0 Å². The van der Waals surface area contributed by atoms with Crippen LogP contribution in [0.2, 0.25) is 0 Å². The van der Waals surface area contributed by atoms with Gasteiger partial charge in [0, 0.05) is 34.8 Å². The Bertz CT molecular complexity index is 726. The number of thiophene rings is 1. The van der Waals surface area contributed by atoms with Crippen LogP contribution in [0.4, 0.5) is 0 Å². The molecule has 0 radical (unpaired) electrons. The topological polar surface area (TPSA) is 32.7 Å². The van der Waals surface area contributed by atoms with Crippen LogP contribution in [0.3, 0.4) is 0 Å². The standard InChI is InChI=1S/C21H25NO2S/c1-17-6-8-20(9-7-17)24-15-19-4-2-10-22(13-19)14-21-12-18(16-25-21)5-3-11-23/h6-9,12,16,19,23H,2,4,10-11,13-15H2,1H3/t19-/m1/s1. The normalized spacial score (nSPS) is 17.8. The van der Waals surface area contributed by atoms with Crippen molar-refractivity contribution < 1.29 is 9.84 Å². The van der Waals surface area contributed by atoms with Crippen molar-refractivity contribution >= 4 is 11.3 Å². The third kappa shape index (κ3) is 5.61. The van der Waals surface area contributed by atoms with Gasteiger partial charge in [0.1, 0.15) is 12.4 Å². The zero-order chi connectivity index (χ0) is 17.5. The number of aliphatic hydroxyl groups is 1. The minimum absolute atomic E-state index is 0.0834. The van der Waals surface area contributed by atoms with E-state index in [0.29, 0.717) is 5.92 Å². The predicted molar refractivity (Wildman–Crippen MR) is 103 cm³/mol. The molecule has 0 amide bonds. The van der Waals surface area contributed by atoms with Crippen LogP contribution >= 0.6 is 11.3 Å². The number of ether oxygens (including phenoxy) is 1. The number of nitrogens with zero attached hydrogens (tertiary/aromatic N) is 1.